The number of benzene rings is 2. The Bertz CT molecular complexity index is 982. The first-order valence-electron chi connectivity index (χ1n) is 10.6. The summed E-state index contributed by atoms with van der Waals surface area (Å²) in [5.74, 6) is -1.02. The van der Waals surface area contributed by atoms with Crippen molar-refractivity contribution in [3.8, 4) is 11.5 Å². The number of aryl methyl sites for hydroxylation is 2. The quantitative estimate of drug-likeness (QED) is 0.547. The van der Waals surface area contributed by atoms with Gasteiger partial charge in [0.05, 0.1) is 47.1 Å². The maximum atomic E-state index is 10.9. The van der Waals surface area contributed by atoms with Crippen LogP contribution in [0.2, 0.25) is 10.2 Å². The zero-order valence-electron chi connectivity index (χ0n) is 18.2. The smallest absolute Gasteiger partial charge is 0.123 e. The van der Waals surface area contributed by atoms with E-state index in [4.69, 9.17) is 47.1 Å². The Balaban J connectivity index is 1.98. The molecule has 32 heavy (non-hydrogen) atoms. The molecule has 148 valence electrons. The first kappa shape index (κ1) is 24.6. The molecular weight excluding hydrogens is 385 g/mol. The van der Waals surface area contributed by atoms with Crippen LogP contribution >= 0.6 is 0 Å². The van der Waals surface area contributed by atoms with Gasteiger partial charge >= 0.3 is 0 Å². The highest BCUT2D eigenvalue weighted by atomic mass is 16.3. The highest BCUT2D eigenvalue weighted by molar-refractivity contribution is 6.61. The summed E-state index contributed by atoms with van der Waals surface area (Å²) in [5, 5.41) is 18.7. The average Bonchev–Trinajstić information content (AvgIpc) is 2.70. The first-order chi connectivity index (χ1) is 14.9. The minimum absolute atomic E-state index is 0.0540. The van der Waals surface area contributed by atoms with Gasteiger partial charge in [0.1, 0.15) is 11.5 Å². The van der Waals surface area contributed by atoms with Crippen LogP contribution in [0.4, 0.5) is 0 Å². The van der Waals surface area contributed by atoms with Gasteiger partial charge in [-0.25, -0.2) is 0 Å². The summed E-state index contributed by atoms with van der Waals surface area (Å²) in [6, 6.07) is 13.3. The fourth-order valence-electron chi connectivity index (χ4n) is 4.36. The van der Waals surface area contributed by atoms with E-state index in [1.54, 1.807) is 18.2 Å². The monoisotopic (exact) mass is 408 g/mol. The van der Waals surface area contributed by atoms with Crippen molar-refractivity contribution in [1.82, 2.24) is 0 Å². The molecule has 8 heteroatoms. The Morgan fingerprint density at radius 1 is 0.906 bits per heavy atom. The van der Waals surface area contributed by atoms with E-state index in [9.17, 15) is 10.2 Å². The van der Waals surface area contributed by atoms with Gasteiger partial charge in [-0.15, -0.1) is 16.8 Å². The standard InChI is InChI=1S/C24H22B6O2/c1-14(23(25,26)27)18-10-9-17(24(28,29)30)13-19(18)22-20(31)11-16(12-21(22)32)8-7-15-5-3-2-4-6-15/h2-6,11-13,18-19,31-32H,1,7-10H2. The SMILES string of the molecule is [B]C([B])([B])C(=C)C1CCC(C([B])([B])[B])=CC1c1c(O)cc(CCc2ccccc2)cc1O. The van der Waals surface area contributed by atoms with Gasteiger partial charge in [0.2, 0.25) is 0 Å². The summed E-state index contributed by atoms with van der Waals surface area (Å²) < 4.78 is 0. The summed E-state index contributed by atoms with van der Waals surface area (Å²) in [4.78, 5) is 0. The van der Waals surface area contributed by atoms with Gasteiger partial charge in [-0.3, -0.25) is 0 Å². The number of phenols is 2. The van der Waals surface area contributed by atoms with Crippen molar-refractivity contribution in [1.29, 1.82) is 0 Å². The van der Waals surface area contributed by atoms with Crippen LogP contribution in [0.25, 0.3) is 0 Å². The molecule has 3 rings (SSSR count). The third-order valence-electron chi connectivity index (χ3n) is 6.17. The third kappa shape index (κ3) is 5.63. The van der Waals surface area contributed by atoms with Crippen molar-refractivity contribution in [3.63, 3.8) is 0 Å². The van der Waals surface area contributed by atoms with E-state index in [0.29, 0.717) is 36.0 Å². The molecule has 0 fully saturated rings. The number of hydrogen-bond donors (Lipinski definition) is 2. The minimum Gasteiger partial charge on any atom is -0.507 e. The normalized spacial score (nSPS) is 19.3. The van der Waals surface area contributed by atoms with E-state index in [-0.39, 0.29) is 17.4 Å². The summed E-state index contributed by atoms with van der Waals surface area (Å²) in [6.07, 6.45) is 4.17. The van der Waals surface area contributed by atoms with Crippen LogP contribution in [0.1, 0.15) is 35.4 Å². The molecule has 2 atom stereocenters. The highest BCUT2D eigenvalue weighted by Gasteiger charge is 2.36. The topological polar surface area (TPSA) is 40.5 Å². The number of hydrogen-bond acceptors (Lipinski definition) is 2. The highest BCUT2D eigenvalue weighted by Crippen LogP contribution is 2.51. The molecule has 2 N–H and O–H groups in total. The second-order valence-electron chi connectivity index (χ2n) is 8.79. The van der Waals surface area contributed by atoms with E-state index in [1.165, 1.54) is 5.56 Å². The summed E-state index contributed by atoms with van der Waals surface area (Å²) in [6.45, 7) is 3.99. The molecule has 12 radical (unpaired) electrons. The second-order valence-corrected chi connectivity index (χ2v) is 8.79. The number of aromatic hydroxyl groups is 2. The molecule has 2 aromatic rings. The van der Waals surface area contributed by atoms with Crippen molar-refractivity contribution < 1.29 is 10.2 Å². The van der Waals surface area contributed by atoms with Gasteiger partial charge in [-0.2, -0.15) is 0 Å². The maximum Gasteiger partial charge on any atom is 0.123 e. The second kappa shape index (κ2) is 9.41. The van der Waals surface area contributed by atoms with Crippen LogP contribution < -0.4 is 0 Å². The lowest BCUT2D eigenvalue weighted by Gasteiger charge is -2.41. The van der Waals surface area contributed by atoms with Crippen LogP contribution in [0.15, 0.2) is 66.3 Å². The van der Waals surface area contributed by atoms with Crippen molar-refractivity contribution in [2.24, 2.45) is 5.92 Å². The maximum absolute atomic E-state index is 10.9. The zero-order chi connectivity index (χ0) is 23.7. The van der Waals surface area contributed by atoms with Gasteiger partial charge in [-0.05, 0) is 54.9 Å². The Kier molecular flexibility index (Phi) is 7.22. The largest absolute Gasteiger partial charge is 0.507 e. The van der Waals surface area contributed by atoms with Crippen LogP contribution in [0.5, 0.6) is 11.5 Å². The van der Waals surface area contributed by atoms with Crippen molar-refractivity contribution in [2.75, 3.05) is 0 Å². The summed E-state index contributed by atoms with van der Waals surface area (Å²) >= 11 is 0. The molecule has 2 unspecified atom stereocenters. The zero-order valence-corrected chi connectivity index (χ0v) is 18.2. The van der Waals surface area contributed by atoms with E-state index >= 15 is 0 Å². The van der Waals surface area contributed by atoms with Gasteiger partial charge in [-0.1, -0.05) is 47.6 Å². The molecule has 0 amide bonds. The molecule has 0 aromatic heterocycles. The van der Waals surface area contributed by atoms with Crippen LogP contribution in [0.3, 0.4) is 0 Å². The number of rotatable bonds is 7. The Labute approximate surface area is 199 Å². The molecule has 0 aliphatic heterocycles. The minimum atomic E-state index is -1.62. The van der Waals surface area contributed by atoms with Crippen LogP contribution in [-0.4, -0.2) is 57.3 Å². The molecule has 2 aromatic carbocycles. The van der Waals surface area contributed by atoms with Crippen molar-refractivity contribution in [3.05, 3.63) is 83.0 Å². The number of allylic oxidation sites excluding steroid dienone is 3. The molecule has 0 saturated carbocycles. The molecule has 0 saturated heterocycles. The fourth-order valence-corrected chi connectivity index (χ4v) is 4.36. The first-order valence-corrected chi connectivity index (χ1v) is 10.6. The van der Waals surface area contributed by atoms with Crippen molar-refractivity contribution in [2.45, 2.75) is 41.8 Å². The molecule has 0 bridgehead atoms. The van der Waals surface area contributed by atoms with Gasteiger partial charge in [0, 0.05) is 11.5 Å². The molecule has 0 heterocycles. The van der Waals surface area contributed by atoms with Crippen LogP contribution in [-0.2, 0) is 12.8 Å². The number of phenolic OH excluding ortho intramolecular Hbond substituents is 2. The Morgan fingerprint density at radius 2 is 1.47 bits per heavy atom. The Morgan fingerprint density at radius 3 is 2.00 bits per heavy atom. The molecule has 0 spiro atoms. The van der Waals surface area contributed by atoms with E-state index in [1.807, 2.05) is 30.3 Å². The molecular formula is C24H22B6O2. The van der Waals surface area contributed by atoms with E-state index in [0.717, 1.165) is 12.0 Å². The Hall–Kier alpha value is -2.09. The van der Waals surface area contributed by atoms with E-state index < -0.39 is 16.1 Å². The summed E-state index contributed by atoms with van der Waals surface area (Å²) in [5.41, 5.74) is 3.27. The van der Waals surface area contributed by atoms with Gasteiger partial charge in [0.25, 0.3) is 0 Å². The van der Waals surface area contributed by atoms with Gasteiger partial charge < -0.3 is 10.2 Å². The lowest BCUT2D eigenvalue weighted by molar-refractivity contribution is 0.403. The van der Waals surface area contributed by atoms with Crippen molar-refractivity contribution >= 4 is 47.1 Å². The molecule has 1 aliphatic carbocycles. The average molecular weight is 407 g/mol. The summed E-state index contributed by atoms with van der Waals surface area (Å²) in [7, 11) is 35.5. The van der Waals surface area contributed by atoms with Crippen LogP contribution in [0, 0.1) is 5.92 Å². The third-order valence-corrected chi connectivity index (χ3v) is 6.17. The predicted octanol–water partition coefficient (Wildman–Crippen LogP) is 3.02. The van der Waals surface area contributed by atoms with Gasteiger partial charge in [0.15, 0.2) is 0 Å². The lowest BCUT2D eigenvalue weighted by atomic mass is 9.36. The molecule has 2 nitrogen and oxygen atoms in total. The molecule has 1 aliphatic rings. The lowest BCUT2D eigenvalue weighted by Crippen LogP contribution is -2.29. The van der Waals surface area contributed by atoms with E-state index in [2.05, 4.69) is 6.58 Å². The predicted molar refractivity (Wildman–Crippen MR) is 136 cm³/mol. The fraction of sp³-hybridized carbons (Fsp3) is 0.333.